The first kappa shape index (κ1) is 18.1. The molecule has 0 saturated heterocycles. The predicted octanol–water partition coefficient (Wildman–Crippen LogP) is 4.34. The van der Waals surface area contributed by atoms with Gasteiger partial charge in [-0.25, -0.2) is 8.78 Å². The molecular formula is C18H20F2N2OS. The van der Waals surface area contributed by atoms with E-state index in [-0.39, 0.29) is 16.8 Å². The van der Waals surface area contributed by atoms with Crippen LogP contribution in [-0.2, 0) is 0 Å². The fourth-order valence-corrected chi connectivity index (χ4v) is 2.36. The number of rotatable bonds is 5. The smallest absolute Gasteiger partial charge is 0.171 e. The van der Waals surface area contributed by atoms with E-state index in [9.17, 15) is 8.78 Å². The van der Waals surface area contributed by atoms with Crippen LogP contribution in [0.25, 0.3) is 0 Å². The molecule has 2 aromatic carbocycles. The highest BCUT2D eigenvalue weighted by Crippen LogP contribution is 2.18. The van der Waals surface area contributed by atoms with Gasteiger partial charge in [0.05, 0.1) is 6.04 Å². The molecule has 2 rings (SSSR count). The highest BCUT2D eigenvalue weighted by atomic mass is 32.1. The summed E-state index contributed by atoms with van der Waals surface area (Å²) in [4.78, 5) is 0. The number of hydrogen-bond acceptors (Lipinski definition) is 2. The summed E-state index contributed by atoms with van der Waals surface area (Å²) in [6.07, 6.45) is 0. The number of ether oxygens (including phenoxy) is 1. The zero-order valence-corrected chi connectivity index (χ0v) is 14.6. The first-order chi connectivity index (χ1) is 11.4. The second-order valence-electron chi connectivity index (χ2n) is 5.65. The minimum Gasteiger partial charge on any atom is -0.491 e. The molecule has 0 aromatic heterocycles. The third-order valence-corrected chi connectivity index (χ3v) is 3.78. The van der Waals surface area contributed by atoms with Crippen LogP contribution in [0.2, 0.25) is 0 Å². The van der Waals surface area contributed by atoms with Crippen LogP contribution in [0.5, 0.6) is 5.75 Å². The summed E-state index contributed by atoms with van der Waals surface area (Å²) in [5.41, 5.74) is 2.09. The van der Waals surface area contributed by atoms with Crippen LogP contribution in [0.4, 0.5) is 14.5 Å². The number of thiocarbonyl (C=S) groups is 1. The van der Waals surface area contributed by atoms with Crippen molar-refractivity contribution in [1.29, 1.82) is 0 Å². The molecule has 2 N–H and O–H groups in total. The normalized spacial score (nSPS) is 11.7. The zero-order chi connectivity index (χ0) is 17.7. The summed E-state index contributed by atoms with van der Waals surface area (Å²) in [5, 5.41) is 5.61. The van der Waals surface area contributed by atoms with E-state index in [1.54, 1.807) is 0 Å². The summed E-state index contributed by atoms with van der Waals surface area (Å²) in [5.74, 6) is -0.623. The number of nitrogens with one attached hydrogen (secondary N) is 2. The Morgan fingerprint density at radius 1 is 1.12 bits per heavy atom. The molecule has 0 aliphatic carbocycles. The lowest BCUT2D eigenvalue weighted by molar-refractivity contribution is 0.287. The maximum atomic E-state index is 13.6. The molecular weight excluding hydrogens is 330 g/mol. The van der Waals surface area contributed by atoms with Crippen LogP contribution in [0.1, 0.15) is 18.1 Å². The maximum Gasteiger partial charge on any atom is 0.171 e. The van der Waals surface area contributed by atoms with Gasteiger partial charge in [0.15, 0.2) is 5.11 Å². The average Bonchev–Trinajstić information content (AvgIpc) is 2.52. The molecule has 0 radical (unpaired) electrons. The minimum atomic E-state index is -0.696. The monoisotopic (exact) mass is 350 g/mol. The molecule has 1 unspecified atom stereocenters. The highest BCUT2D eigenvalue weighted by molar-refractivity contribution is 7.80. The molecule has 6 heteroatoms. The molecule has 1 atom stereocenters. The molecule has 0 spiro atoms. The summed E-state index contributed by atoms with van der Waals surface area (Å²) in [6.45, 7) is 6.29. The number of para-hydroxylation sites is 1. The van der Waals surface area contributed by atoms with Crippen molar-refractivity contribution in [1.82, 2.24) is 5.32 Å². The van der Waals surface area contributed by atoms with E-state index in [1.807, 2.05) is 39.0 Å². The first-order valence-corrected chi connectivity index (χ1v) is 7.99. The number of aryl methyl sites for hydroxylation is 2. The summed E-state index contributed by atoms with van der Waals surface area (Å²) in [7, 11) is 0. The Hall–Kier alpha value is -2.21. The van der Waals surface area contributed by atoms with Crippen LogP contribution in [0.15, 0.2) is 36.4 Å². The van der Waals surface area contributed by atoms with Gasteiger partial charge in [0.2, 0.25) is 0 Å². The molecule has 3 nitrogen and oxygen atoms in total. The fraction of sp³-hybridized carbons (Fsp3) is 0.278. The quantitative estimate of drug-likeness (QED) is 0.786. The second-order valence-corrected chi connectivity index (χ2v) is 6.06. The molecule has 2 aromatic rings. The molecule has 0 aliphatic rings. The minimum absolute atomic E-state index is 0.134. The Morgan fingerprint density at radius 2 is 1.79 bits per heavy atom. The second kappa shape index (κ2) is 8.06. The lowest BCUT2D eigenvalue weighted by Gasteiger charge is -2.18. The highest BCUT2D eigenvalue weighted by Gasteiger charge is 2.11. The van der Waals surface area contributed by atoms with E-state index in [0.717, 1.165) is 11.3 Å². The van der Waals surface area contributed by atoms with Gasteiger partial charge < -0.3 is 15.4 Å². The SMILES string of the molecule is Cc1ccc(OCC(C)NC(=S)Nc2c(F)cccc2F)cc1C. The van der Waals surface area contributed by atoms with Crippen molar-refractivity contribution in [2.75, 3.05) is 11.9 Å². The van der Waals surface area contributed by atoms with Gasteiger partial charge in [-0.2, -0.15) is 0 Å². The third-order valence-electron chi connectivity index (χ3n) is 3.56. The van der Waals surface area contributed by atoms with E-state index in [0.29, 0.717) is 6.61 Å². The molecule has 128 valence electrons. The van der Waals surface area contributed by atoms with Crippen molar-refractivity contribution >= 4 is 23.0 Å². The topological polar surface area (TPSA) is 33.3 Å². The summed E-state index contributed by atoms with van der Waals surface area (Å²) < 4.78 is 32.9. The first-order valence-electron chi connectivity index (χ1n) is 7.58. The van der Waals surface area contributed by atoms with E-state index < -0.39 is 11.6 Å². The van der Waals surface area contributed by atoms with E-state index in [4.69, 9.17) is 17.0 Å². The van der Waals surface area contributed by atoms with Gasteiger partial charge in [0.1, 0.15) is 29.7 Å². The molecule has 0 saturated carbocycles. The maximum absolute atomic E-state index is 13.6. The number of anilines is 1. The van der Waals surface area contributed by atoms with Crippen molar-refractivity contribution in [2.24, 2.45) is 0 Å². The van der Waals surface area contributed by atoms with Gasteiger partial charge in [-0.3, -0.25) is 0 Å². The van der Waals surface area contributed by atoms with Gasteiger partial charge in [0, 0.05) is 0 Å². The number of benzene rings is 2. The lowest BCUT2D eigenvalue weighted by atomic mass is 10.1. The van der Waals surface area contributed by atoms with Crippen LogP contribution in [-0.4, -0.2) is 17.8 Å². The standard InChI is InChI=1S/C18H20F2N2OS/c1-11-7-8-14(9-12(11)2)23-10-13(3)21-18(24)22-17-15(19)5-4-6-16(17)20/h4-9,13H,10H2,1-3H3,(H2,21,22,24). The Balaban J connectivity index is 1.86. The number of halogens is 2. The predicted molar refractivity (Wildman–Crippen MR) is 96.6 cm³/mol. The molecule has 0 amide bonds. The van der Waals surface area contributed by atoms with Crippen molar-refractivity contribution in [3.05, 3.63) is 59.2 Å². The molecule has 24 heavy (non-hydrogen) atoms. The van der Waals surface area contributed by atoms with Gasteiger partial charge in [-0.1, -0.05) is 12.1 Å². The summed E-state index contributed by atoms with van der Waals surface area (Å²) in [6, 6.07) is 9.36. The largest absolute Gasteiger partial charge is 0.491 e. The third kappa shape index (κ3) is 4.89. The number of hydrogen-bond donors (Lipinski definition) is 2. The Kier molecular flexibility index (Phi) is 6.09. The van der Waals surface area contributed by atoms with E-state index in [2.05, 4.69) is 10.6 Å². The van der Waals surface area contributed by atoms with E-state index >= 15 is 0 Å². The van der Waals surface area contributed by atoms with Crippen molar-refractivity contribution in [2.45, 2.75) is 26.8 Å². The Morgan fingerprint density at radius 3 is 2.42 bits per heavy atom. The molecule has 0 aliphatic heterocycles. The van der Waals surface area contributed by atoms with Gasteiger partial charge >= 0.3 is 0 Å². The average molecular weight is 350 g/mol. The molecule has 0 bridgehead atoms. The van der Waals surface area contributed by atoms with Gasteiger partial charge in [-0.05, 0) is 68.4 Å². The fourth-order valence-electron chi connectivity index (χ4n) is 2.06. The zero-order valence-electron chi connectivity index (χ0n) is 13.8. The molecule has 0 fully saturated rings. The van der Waals surface area contributed by atoms with Gasteiger partial charge in [0.25, 0.3) is 0 Å². The summed E-state index contributed by atoms with van der Waals surface area (Å²) >= 11 is 5.09. The van der Waals surface area contributed by atoms with E-state index in [1.165, 1.54) is 23.8 Å². The molecule has 0 heterocycles. The lowest BCUT2D eigenvalue weighted by Crippen LogP contribution is -2.39. The van der Waals surface area contributed by atoms with Crippen LogP contribution >= 0.6 is 12.2 Å². The van der Waals surface area contributed by atoms with Crippen LogP contribution < -0.4 is 15.4 Å². The Labute approximate surface area is 146 Å². The van der Waals surface area contributed by atoms with Crippen molar-refractivity contribution in [3.8, 4) is 5.75 Å². The van der Waals surface area contributed by atoms with Gasteiger partial charge in [-0.15, -0.1) is 0 Å². The van der Waals surface area contributed by atoms with Crippen molar-refractivity contribution in [3.63, 3.8) is 0 Å². The Bertz CT molecular complexity index is 717. The van der Waals surface area contributed by atoms with Crippen molar-refractivity contribution < 1.29 is 13.5 Å². The van der Waals surface area contributed by atoms with Crippen LogP contribution in [0, 0.1) is 25.5 Å². The van der Waals surface area contributed by atoms with Crippen LogP contribution in [0.3, 0.4) is 0 Å².